The Morgan fingerprint density at radius 2 is 1.82 bits per heavy atom. The van der Waals surface area contributed by atoms with Gasteiger partial charge in [0.15, 0.2) is 5.75 Å². The third-order valence-electron chi connectivity index (χ3n) is 5.47. The molecule has 2 aromatic carbocycles. The Bertz CT molecular complexity index is 1220. The summed E-state index contributed by atoms with van der Waals surface area (Å²) >= 11 is 0. The van der Waals surface area contributed by atoms with Gasteiger partial charge >= 0.3 is 11.6 Å². The third-order valence-corrected chi connectivity index (χ3v) is 5.47. The molecule has 180 valence electrons. The standard InChI is InChI=1S/C27H34N3O4/c1-6-29(7-2)22-14-12-20-18-21(27(32)34-25(20)19-22)13-15-26(31)33-24-11-9-8-10-23(24)28-16-17-30(3,4)5/h8-15,18-19,28H,6-7,16-17H2,1-5H3/q+1. The van der Waals surface area contributed by atoms with Gasteiger partial charge in [-0.3, -0.25) is 0 Å². The summed E-state index contributed by atoms with van der Waals surface area (Å²) < 4.78 is 11.9. The molecular formula is C27H34N3O4+. The number of nitrogens with zero attached hydrogens (tertiary/aromatic N) is 2. The number of para-hydroxylation sites is 2. The number of fused-ring (bicyclic) bond motifs is 1. The van der Waals surface area contributed by atoms with Crippen molar-refractivity contribution in [1.29, 1.82) is 0 Å². The maximum Gasteiger partial charge on any atom is 0.343 e. The predicted octanol–water partition coefficient (Wildman–Crippen LogP) is 4.38. The second-order valence-electron chi connectivity index (χ2n) is 9.07. The molecule has 3 aromatic rings. The molecule has 0 saturated heterocycles. The van der Waals surface area contributed by atoms with E-state index in [-0.39, 0.29) is 5.56 Å². The van der Waals surface area contributed by atoms with E-state index in [2.05, 4.69) is 45.2 Å². The Kier molecular flexibility index (Phi) is 8.12. The zero-order valence-corrected chi connectivity index (χ0v) is 20.6. The second-order valence-corrected chi connectivity index (χ2v) is 9.07. The van der Waals surface area contributed by atoms with Gasteiger partial charge in [0.25, 0.3) is 0 Å². The Hall–Kier alpha value is -3.58. The normalized spacial score (nSPS) is 11.7. The fourth-order valence-electron chi connectivity index (χ4n) is 3.55. The van der Waals surface area contributed by atoms with Crippen molar-refractivity contribution in [2.45, 2.75) is 13.8 Å². The van der Waals surface area contributed by atoms with Crippen molar-refractivity contribution < 1.29 is 18.4 Å². The van der Waals surface area contributed by atoms with Crippen LogP contribution in [0.25, 0.3) is 17.0 Å². The van der Waals surface area contributed by atoms with Crippen molar-refractivity contribution in [2.75, 3.05) is 57.5 Å². The molecule has 0 unspecified atom stereocenters. The highest BCUT2D eigenvalue weighted by atomic mass is 16.5. The van der Waals surface area contributed by atoms with Crippen LogP contribution in [-0.2, 0) is 4.79 Å². The highest BCUT2D eigenvalue weighted by Crippen LogP contribution is 2.24. The first-order valence-corrected chi connectivity index (χ1v) is 11.6. The van der Waals surface area contributed by atoms with Crippen LogP contribution in [0.1, 0.15) is 19.4 Å². The molecular weight excluding hydrogens is 430 g/mol. The van der Waals surface area contributed by atoms with E-state index < -0.39 is 11.6 Å². The smallest absolute Gasteiger partial charge is 0.343 e. The number of hydrogen-bond donors (Lipinski definition) is 1. The number of likely N-dealkylation sites (N-methyl/N-ethyl adjacent to an activating group) is 1. The minimum absolute atomic E-state index is 0.286. The van der Waals surface area contributed by atoms with Crippen LogP contribution < -0.4 is 20.6 Å². The second kappa shape index (κ2) is 11.0. The van der Waals surface area contributed by atoms with Gasteiger partial charge in [-0.1, -0.05) is 12.1 Å². The number of rotatable bonds is 10. The van der Waals surface area contributed by atoms with Crippen LogP contribution in [0, 0.1) is 0 Å². The number of ether oxygens (including phenoxy) is 1. The third kappa shape index (κ3) is 6.71. The summed E-state index contributed by atoms with van der Waals surface area (Å²) in [5, 5.41) is 4.10. The summed E-state index contributed by atoms with van der Waals surface area (Å²) in [7, 11) is 6.35. The lowest BCUT2D eigenvalue weighted by Gasteiger charge is -2.24. The number of carbonyl (C=O) groups excluding carboxylic acids is 1. The summed E-state index contributed by atoms with van der Waals surface area (Å²) in [4.78, 5) is 27.1. The highest BCUT2D eigenvalue weighted by molar-refractivity contribution is 5.90. The molecule has 34 heavy (non-hydrogen) atoms. The number of carbonyl (C=O) groups is 1. The van der Waals surface area contributed by atoms with Gasteiger partial charge in [0, 0.05) is 36.3 Å². The number of quaternary nitrogens is 1. The molecule has 3 rings (SSSR count). The minimum atomic E-state index is -0.572. The van der Waals surface area contributed by atoms with Gasteiger partial charge < -0.3 is 23.9 Å². The molecule has 0 spiro atoms. The van der Waals surface area contributed by atoms with Crippen LogP contribution in [0.2, 0.25) is 0 Å². The average molecular weight is 465 g/mol. The van der Waals surface area contributed by atoms with Crippen LogP contribution >= 0.6 is 0 Å². The van der Waals surface area contributed by atoms with E-state index in [0.717, 1.165) is 47.4 Å². The summed E-state index contributed by atoms with van der Waals surface area (Å²) in [5.41, 5.74) is 2.04. The van der Waals surface area contributed by atoms with Crippen molar-refractivity contribution in [3.8, 4) is 5.75 Å². The Labute approximate surface area is 200 Å². The van der Waals surface area contributed by atoms with Crippen LogP contribution in [0.4, 0.5) is 11.4 Å². The van der Waals surface area contributed by atoms with Gasteiger partial charge in [0.1, 0.15) is 5.58 Å². The van der Waals surface area contributed by atoms with Gasteiger partial charge in [-0.15, -0.1) is 0 Å². The Morgan fingerprint density at radius 3 is 2.53 bits per heavy atom. The molecule has 1 aromatic heterocycles. The summed E-state index contributed by atoms with van der Waals surface area (Å²) in [6, 6.07) is 14.8. The number of esters is 1. The van der Waals surface area contributed by atoms with Gasteiger partial charge in [-0.05, 0) is 50.3 Å². The Morgan fingerprint density at radius 1 is 1.09 bits per heavy atom. The Balaban J connectivity index is 1.72. The summed E-state index contributed by atoms with van der Waals surface area (Å²) in [6.45, 7) is 7.54. The molecule has 0 fully saturated rings. The lowest BCUT2D eigenvalue weighted by molar-refractivity contribution is -0.868. The van der Waals surface area contributed by atoms with Gasteiger partial charge in [0.05, 0.1) is 45.5 Å². The number of hydrogen-bond acceptors (Lipinski definition) is 6. The fourth-order valence-corrected chi connectivity index (χ4v) is 3.55. The molecule has 0 radical (unpaired) electrons. The topological polar surface area (TPSA) is 71.8 Å². The van der Waals surface area contributed by atoms with Crippen molar-refractivity contribution in [3.63, 3.8) is 0 Å². The fraction of sp³-hybridized carbons (Fsp3) is 0.333. The first-order valence-electron chi connectivity index (χ1n) is 11.6. The van der Waals surface area contributed by atoms with E-state index >= 15 is 0 Å². The lowest BCUT2D eigenvalue weighted by atomic mass is 10.1. The van der Waals surface area contributed by atoms with E-state index in [0.29, 0.717) is 11.3 Å². The molecule has 7 nitrogen and oxygen atoms in total. The summed E-state index contributed by atoms with van der Waals surface area (Å²) in [5.74, 6) is -0.134. The van der Waals surface area contributed by atoms with Crippen molar-refractivity contribution >= 4 is 34.4 Å². The minimum Gasteiger partial charge on any atom is -0.422 e. The molecule has 0 bridgehead atoms. The molecule has 0 aliphatic heterocycles. The SMILES string of the molecule is CCN(CC)c1ccc2cc(C=CC(=O)Oc3ccccc3NCC[N+](C)(C)C)c(=O)oc2c1. The number of benzene rings is 2. The number of nitrogens with one attached hydrogen (secondary N) is 1. The van der Waals surface area contributed by atoms with Crippen molar-refractivity contribution in [2.24, 2.45) is 0 Å². The van der Waals surface area contributed by atoms with E-state index in [1.807, 2.05) is 36.4 Å². The molecule has 0 saturated carbocycles. The molecule has 0 atom stereocenters. The van der Waals surface area contributed by atoms with E-state index in [9.17, 15) is 9.59 Å². The largest absolute Gasteiger partial charge is 0.422 e. The zero-order chi connectivity index (χ0) is 24.7. The van der Waals surface area contributed by atoms with E-state index in [1.54, 1.807) is 12.1 Å². The zero-order valence-electron chi connectivity index (χ0n) is 20.6. The van der Waals surface area contributed by atoms with Crippen LogP contribution in [0.3, 0.4) is 0 Å². The number of anilines is 2. The maximum absolute atomic E-state index is 12.5. The van der Waals surface area contributed by atoms with Crippen molar-refractivity contribution in [3.05, 3.63) is 70.6 Å². The molecule has 1 N–H and O–H groups in total. The van der Waals surface area contributed by atoms with E-state index in [4.69, 9.17) is 9.15 Å². The molecule has 0 aliphatic rings. The first-order chi connectivity index (χ1) is 16.2. The van der Waals surface area contributed by atoms with Gasteiger partial charge in [-0.2, -0.15) is 0 Å². The molecule has 0 aliphatic carbocycles. The lowest BCUT2D eigenvalue weighted by Crippen LogP contribution is -2.38. The molecule has 1 heterocycles. The average Bonchev–Trinajstić information content (AvgIpc) is 2.79. The summed E-state index contributed by atoms with van der Waals surface area (Å²) in [6.07, 6.45) is 2.67. The van der Waals surface area contributed by atoms with Gasteiger partial charge in [-0.25, -0.2) is 9.59 Å². The first kappa shape index (κ1) is 25.1. The van der Waals surface area contributed by atoms with Crippen LogP contribution in [0.15, 0.2) is 63.8 Å². The van der Waals surface area contributed by atoms with E-state index in [1.165, 1.54) is 12.2 Å². The maximum atomic E-state index is 12.5. The van der Waals surface area contributed by atoms with Crippen LogP contribution in [0.5, 0.6) is 5.75 Å². The highest BCUT2D eigenvalue weighted by Gasteiger charge is 2.11. The quantitative estimate of drug-likeness (QED) is 0.158. The van der Waals surface area contributed by atoms with Crippen molar-refractivity contribution in [1.82, 2.24) is 0 Å². The predicted molar refractivity (Wildman–Crippen MR) is 139 cm³/mol. The molecule has 7 heteroatoms. The van der Waals surface area contributed by atoms with Gasteiger partial charge in [0.2, 0.25) is 0 Å². The monoisotopic (exact) mass is 464 g/mol. The van der Waals surface area contributed by atoms with Crippen LogP contribution in [-0.4, -0.2) is 57.8 Å². The molecule has 0 amide bonds.